The van der Waals surface area contributed by atoms with Crippen LogP contribution in [0.1, 0.15) is 40.5 Å². The summed E-state index contributed by atoms with van der Waals surface area (Å²) in [4.78, 5) is 2.40. The summed E-state index contributed by atoms with van der Waals surface area (Å²) in [5.41, 5.74) is 6.22. The number of nitrogens with zero attached hydrogens (tertiary/aromatic N) is 1. The first-order valence-electron chi connectivity index (χ1n) is 6.78. The van der Waals surface area contributed by atoms with Crippen molar-refractivity contribution in [1.29, 1.82) is 0 Å². The van der Waals surface area contributed by atoms with Crippen molar-refractivity contribution in [2.75, 3.05) is 33.9 Å². The lowest BCUT2D eigenvalue weighted by molar-refractivity contribution is 0.0520. The van der Waals surface area contributed by atoms with Crippen LogP contribution in [0.4, 0.5) is 0 Å². The Morgan fingerprint density at radius 1 is 1.12 bits per heavy atom. The van der Waals surface area contributed by atoms with E-state index in [1.165, 1.54) is 0 Å². The molecule has 0 aromatic rings. The first-order chi connectivity index (χ1) is 7.88. The Hall–Kier alpha value is -0.120. The van der Waals surface area contributed by atoms with Crippen molar-refractivity contribution in [3.63, 3.8) is 0 Å². The molecular weight excluding hydrogens is 212 g/mol. The standard InChI is InChI=1S/C14H32N2O/c1-12(2)9-14(11-15,10-13(3)4)16(5)7-8-17-6/h12-13H,7-11,15H2,1-6H3. The molecule has 0 radical (unpaired) electrons. The van der Waals surface area contributed by atoms with Crippen LogP contribution in [0.15, 0.2) is 0 Å². The van der Waals surface area contributed by atoms with Crippen molar-refractivity contribution in [1.82, 2.24) is 4.90 Å². The van der Waals surface area contributed by atoms with Gasteiger partial charge in [-0.05, 0) is 31.7 Å². The normalized spacial score (nSPS) is 13.1. The molecule has 0 unspecified atom stereocenters. The highest BCUT2D eigenvalue weighted by Gasteiger charge is 2.34. The van der Waals surface area contributed by atoms with Gasteiger partial charge in [-0.2, -0.15) is 0 Å². The molecule has 0 aliphatic rings. The topological polar surface area (TPSA) is 38.5 Å². The van der Waals surface area contributed by atoms with E-state index in [0.717, 1.165) is 32.5 Å². The molecule has 17 heavy (non-hydrogen) atoms. The lowest BCUT2D eigenvalue weighted by atomic mass is 9.80. The Labute approximate surface area is 108 Å². The number of methoxy groups -OCH3 is 1. The van der Waals surface area contributed by atoms with Crippen LogP contribution in [0.2, 0.25) is 0 Å². The van der Waals surface area contributed by atoms with Crippen molar-refractivity contribution < 1.29 is 4.74 Å². The average molecular weight is 244 g/mol. The highest BCUT2D eigenvalue weighted by atomic mass is 16.5. The van der Waals surface area contributed by atoms with Crippen molar-refractivity contribution in [2.24, 2.45) is 17.6 Å². The molecule has 0 spiro atoms. The van der Waals surface area contributed by atoms with Gasteiger partial charge in [0.05, 0.1) is 6.61 Å². The fourth-order valence-corrected chi connectivity index (χ4v) is 2.70. The second kappa shape index (κ2) is 8.06. The Morgan fingerprint density at radius 2 is 1.59 bits per heavy atom. The van der Waals surface area contributed by atoms with E-state index in [1.807, 2.05) is 0 Å². The minimum atomic E-state index is 0.126. The van der Waals surface area contributed by atoms with Gasteiger partial charge < -0.3 is 10.5 Å². The summed E-state index contributed by atoms with van der Waals surface area (Å²) in [6.07, 6.45) is 2.31. The van der Waals surface area contributed by atoms with E-state index >= 15 is 0 Å². The Balaban J connectivity index is 4.75. The lowest BCUT2D eigenvalue weighted by Crippen LogP contribution is -2.54. The van der Waals surface area contributed by atoms with E-state index in [9.17, 15) is 0 Å². The molecule has 0 saturated heterocycles. The van der Waals surface area contributed by atoms with E-state index in [0.29, 0.717) is 11.8 Å². The van der Waals surface area contributed by atoms with Crippen molar-refractivity contribution in [3.05, 3.63) is 0 Å². The van der Waals surface area contributed by atoms with E-state index in [-0.39, 0.29) is 5.54 Å². The summed E-state index contributed by atoms with van der Waals surface area (Å²) in [5.74, 6) is 1.34. The summed E-state index contributed by atoms with van der Waals surface area (Å²) < 4.78 is 5.18. The molecule has 104 valence electrons. The molecule has 0 saturated carbocycles. The molecule has 0 bridgehead atoms. The SMILES string of the molecule is COCCN(C)C(CN)(CC(C)C)CC(C)C. The predicted molar refractivity (Wildman–Crippen MR) is 75.2 cm³/mol. The summed E-state index contributed by atoms with van der Waals surface area (Å²) in [7, 11) is 3.93. The first-order valence-corrected chi connectivity index (χ1v) is 6.78. The average Bonchev–Trinajstić information content (AvgIpc) is 2.23. The van der Waals surface area contributed by atoms with Crippen LogP contribution in [0.25, 0.3) is 0 Å². The first kappa shape index (κ1) is 16.9. The van der Waals surface area contributed by atoms with E-state index in [2.05, 4.69) is 39.6 Å². The maximum absolute atomic E-state index is 6.09. The maximum atomic E-state index is 6.09. The van der Waals surface area contributed by atoms with Gasteiger partial charge in [-0.1, -0.05) is 27.7 Å². The quantitative estimate of drug-likeness (QED) is 0.676. The number of likely N-dealkylation sites (N-methyl/N-ethyl adjacent to an activating group) is 1. The van der Waals surface area contributed by atoms with Gasteiger partial charge in [0.25, 0.3) is 0 Å². The third-order valence-corrected chi connectivity index (χ3v) is 3.40. The molecule has 0 fully saturated rings. The van der Waals surface area contributed by atoms with E-state index in [1.54, 1.807) is 7.11 Å². The van der Waals surface area contributed by atoms with Crippen LogP contribution < -0.4 is 5.73 Å². The minimum absolute atomic E-state index is 0.126. The van der Waals surface area contributed by atoms with Gasteiger partial charge in [-0.25, -0.2) is 0 Å². The third kappa shape index (κ3) is 5.84. The second-order valence-electron chi connectivity index (χ2n) is 6.04. The molecule has 0 heterocycles. The lowest BCUT2D eigenvalue weighted by Gasteiger charge is -2.44. The van der Waals surface area contributed by atoms with Gasteiger partial charge in [0, 0.05) is 25.7 Å². The molecule has 2 N–H and O–H groups in total. The maximum Gasteiger partial charge on any atom is 0.0589 e. The van der Waals surface area contributed by atoms with Crippen LogP contribution in [0.3, 0.4) is 0 Å². The summed E-state index contributed by atoms with van der Waals surface area (Å²) in [5, 5.41) is 0. The second-order valence-corrected chi connectivity index (χ2v) is 6.04. The molecule has 0 atom stereocenters. The van der Waals surface area contributed by atoms with Crippen molar-refractivity contribution >= 4 is 0 Å². The highest BCUT2D eigenvalue weighted by molar-refractivity contribution is 4.92. The van der Waals surface area contributed by atoms with Crippen LogP contribution in [0, 0.1) is 11.8 Å². The Bertz CT molecular complexity index is 183. The molecular formula is C14H32N2O. The van der Waals surface area contributed by atoms with Crippen LogP contribution in [-0.2, 0) is 4.74 Å². The molecule has 0 amide bonds. The zero-order valence-corrected chi connectivity index (χ0v) is 12.6. The molecule has 0 aromatic carbocycles. The summed E-state index contributed by atoms with van der Waals surface area (Å²) in [6, 6.07) is 0. The minimum Gasteiger partial charge on any atom is -0.383 e. The number of hydrogen-bond acceptors (Lipinski definition) is 3. The molecule has 0 aliphatic carbocycles. The molecule has 0 aromatic heterocycles. The Kier molecular flexibility index (Phi) is 8.01. The summed E-state index contributed by atoms with van der Waals surface area (Å²) in [6.45, 7) is 11.5. The number of hydrogen-bond donors (Lipinski definition) is 1. The van der Waals surface area contributed by atoms with E-state index in [4.69, 9.17) is 10.5 Å². The zero-order valence-electron chi connectivity index (χ0n) is 12.6. The van der Waals surface area contributed by atoms with Crippen molar-refractivity contribution in [3.8, 4) is 0 Å². The fraction of sp³-hybridized carbons (Fsp3) is 1.00. The van der Waals surface area contributed by atoms with Crippen molar-refractivity contribution in [2.45, 2.75) is 46.1 Å². The van der Waals surface area contributed by atoms with Gasteiger partial charge in [0.1, 0.15) is 0 Å². The summed E-state index contributed by atoms with van der Waals surface area (Å²) >= 11 is 0. The van der Waals surface area contributed by atoms with Gasteiger partial charge in [-0.15, -0.1) is 0 Å². The van der Waals surface area contributed by atoms with Crippen LogP contribution in [-0.4, -0.2) is 44.3 Å². The highest BCUT2D eigenvalue weighted by Crippen LogP contribution is 2.29. The molecule has 0 aliphatic heterocycles. The van der Waals surface area contributed by atoms with Crippen LogP contribution >= 0.6 is 0 Å². The smallest absolute Gasteiger partial charge is 0.0589 e. The van der Waals surface area contributed by atoms with Crippen LogP contribution in [0.5, 0.6) is 0 Å². The van der Waals surface area contributed by atoms with Gasteiger partial charge in [-0.3, -0.25) is 4.90 Å². The third-order valence-electron chi connectivity index (χ3n) is 3.40. The predicted octanol–water partition coefficient (Wildman–Crippen LogP) is 2.35. The van der Waals surface area contributed by atoms with Gasteiger partial charge in [0.2, 0.25) is 0 Å². The van der Waals surface area contributed by atoms with Gasteiger partial charge in [0.15, 0.2) is 0 Å². The number of ether oxygens (including phenoxy) is 1. The Morgan fingerprint density at radius 3 is 1.88 bits per heavy atom. The van der Waals surface area contributed by atoms with E-state index < -0.39 is 0 Å². The zero-order chi connectivity index (χ0) is 13.5. The monoisotopic (exact) mass is 244 g/mol. The molecule has 3 heteroatoms. The van der Waals surface area contributed by atoms with Gasteiger partial charge >= 0.3 is 0 Å². The molecule has 0 rings (SSSR count). The number of nitrogens with two attached hydrogens (primary N) is 1. The number of rotatable bonds is 9. The molecule has 3 nitrogen and oxygen atoms in total. The largest absolute Gasteiger partial charge is 0.383 e. The fourth-order valence-electron chi connectivity index (χ4n) is 2.70.